The minimum atomic E-state index is -0.889. The van der Waals surface area contributed by atoms with Gasteiger partial charge in [0.25, 0.3) is 0 Å². The first-order chi connectivity index (χ1) is 16.3. The van der Waals surface area contributed by atoms with E-state index in [4.69, 9.17) is 4.74 Å². The number of benzene rings is 2. The molecule has 1 atom stereocenters. The molecule has 1 fully saturated rings. The average Bonchev–Trinajstić information content (AvgIpc) is 2.86. The van der Waals surface area contributed by atoms with Crippen molar-refractivity contribution < 1.29 is 4.74 Å². The number of para-hydroxylation sites is 1. The molecule has 0 bridgehead atoms. The van der Waals surface area contributed by atoms with Gasteiger partial charge in [-0.05, 0) is 30.2 Å². The Hall–Kier alpha value is -1.54. The third-order valence-corrected chi connectivity index (χ3v) is 11.2. The number of hydrogen-bond donors (Lipinski definition) is 0. The smallest absolute Gasteiger partial charge is 0.127 e. The molecule has 0 saturated heterocycles. The molecule has 0 amide bonds. The zero-order chi connectivity index (χ0) is 23.0. The molecule has 1 unspecified atom stereocenters. The fourth-order valence-electron chi connectivity index (χ4n) is 5.56. The second-order valence-corrected chi connectivity index (χ2v) is 13.6. The SMILES string of the molecule is CCCCCCCC[SiH](CCCCCC1CCCCC1)c1ccc(Oc2ccccc2)cc1. The van der Waals surface area contributed by atoms with E-state index in [9.17, 15) is 0 Å². The van der Waals surface area contributed by atoms with E-state index in [1.54, 1.807) is 5.19 Å². The summed E-state index contributed by atoms with van der Waals surface area (Å²) >= 11 is 0. The van der Waals surface area contributed by atoms with Crippen LogP contribution in [0.2, 0.25) is 12.1 Å². The molecule has 0 heterocycles. The van der Waals surface area contributed by atoms with Crippen LogP contribution in [0.4, 0.5) is 0 Å². The average molecular weight is 465 g/mol. The third-order valence-electron chi connectivity index (χ3n) is 7.63. The molecule has 1 saturated carbocycles. The summed E-state index contributed by atoms with van der Waals surface area (Å²) in [6.45, 7) is 2.31. The van der Waals surface area contributed by atoms with Gasteiger partial charge in [-0.3, -0.25) is 0 Å². The van der Waals surface area contributed by atoms with E-state index in [1.807, 2.05) is 30.3 Å². The van der Waals surface area contributed by atoms with Crippen molar-refractivity contribution in [2.75, 3.05) is 0 Å². The molecule has 0 N–H and O–H groups in total. The molecule has 1 aliphatic carbocycles. The van der Waals surface area contributed by atoms with Gasteiger partial charge in [0.05, 0.1) is 8.80 Å². The highest BCUT2D eigenvalue weighted by molar-refractivity contribution is 6.73. The summed E-state index contributed by atoms with van der Waals surface area (Å²) in [7, 11) is -0.889. The fraction of sp³-hybridized carbons (Fsp3) is 0.613. The van der Waals surface area contributed by atoms with Crippen molar-refractivity contribution in [1.29, 1.82) is 0 Å². The molecule has 2 heteroatoms. The van der Waals surface area contributed by atoms with Crippen LogP contribution in [0.25, 0.3) is 0 Å². The van der Waals surface area contributed by atoms with E-state index in [2.05, 4.69) is 31.2 Å². The lowest BCUT2D eigenvalue weighted by Crippen LogP contribution is -2.29. The highest BCUT2D eigenvalue weighted by atomic mass is 28.3. The zero-order valence-electron chi connectivity index (χ0n) is 21.3. The predicted octanol–water partition coefficient (Wildman–Crippen LogP) is 9.41. The molecule has 0 spiro atoms. The first-order valence-electron chi connectivity index (χ1n) is 14.2. The van der Waals surface area contributed by atoms with Crippen LogP contribution in [-0.4, -0.2) is 8.80 Å². The van der Waals surface area contributed by atoms with Crippen molar-refractivity contribution in [1.82, 2.24) is 0 Å². The molecule has 2 aromatic rings. The van der Waals surface area contributed by atoms with E-state index >= 15 is 0 Å². The quantitative estimate of drug-likeness (QED) is 0.177. The molecule has 182 valence electrons. The van der Waals surface area contributed by atoms with Crippen LogP contribution in [0.3, 0.4) is 0 Å². The zero-order valence-corrected chi connectivity index (χ0v) is 22.4. The van der Waals surface area contributed by atoms with E-state index in [0.717, 1.165) is 17.4 Å². The topological polar surface area (TPSA) is 9.23 Å². The van der Waals surface area contributed by atoms with Crippen molar-refractivity contribution in [2.45, 2.75) is 115 Å². The second-order valence-electron chi connectivity index (χ2n) is 10.4. The Labute approximate surface area is 206 Å². The third kappa shape index (κ3) is 10.5. The fourth-order valence-corrected chi connectivity index (χ4v) is 8.81. The summed E-state index contributed by atoms with van der Waals surface area (Å²) in [5, 5.41) is 1.65. The maximum atomic E-state index is 6.04. The van der Waals surface area contributed by atoms with Crippen molar-refractivity contribution in [3.8, 4) is 11.5 Å². The lowest BCUT2D eigenvalue weighted by Gasteiger charge is -2.21. The van der Waals surface area contributed by atoms with Gasteiger partial charge in [-0.2, -0.15) is 0 Å². The highest BCUT2D eigenvalue weighted by Gasteiger charge is 2.15. The Morgan fingerprint density at radius 3 is 1.97 bits per heavy atom. The molecule has 0 aliphatic heterocycles. The highest BCUT2D eigenvalue weighted by Crippen LogP contribution is 2.28. The number of rotatable bonds is 16. The normalized spacial score (nSPS) is 15.4. The van der Waals surface area contributed by atoms with Gasteiger partial charge in [0, 0.05) is 0 Å². The Morgan fingerprint density at radius 2 is 1.27 bits per heavy atom. The van der Waals surface area contributed by atoms with Crippen LogP contribution in [0.15, 0.2) is 54.6 Å². The van der Waals surface area contributed by atoms with Crippen LogP contribution < -0.4 is 9.92 Å². The Balaban J connectivity index is 1.46. The van der Waals surface area contributed by atoms with Crippen LogP contribution in [-0.2, 0) is 0 Å². The van der Waals surface area contributed by atoms with Crippen LogP contribution in [0.1, 0.15) is 103 Å². The molecular formula is C31H48OSi. The largest absolute Gasteiger partial charge is 0.457 e. The van der Waals surface area contributed by atoms with Gasteiger partial charge in [-0.15, -0.1) is 0 Å². The summed E-state index contributed by atoms with van der Waals surface area (Å²) in [4.78, 5) is 0. The maximum Gasteiger partial charge on any atom is 0.127 e. The minimum absolute atomic E-state index is 0.889. The van der Waals surface area contributed by atoms with E-state index in [-0.39, 0.29) is 0 Å². The molecule has 1 aliphatic rings. The van der Waals surface area contributed by atoms with Crippen molar-refractivity contribution >= 4 is 14.0 Å². The van der Waals surface area contributed by atoms with Gasteiger partial charge in [0.1, 0.15) is 11.5 Å². The summed E-state index contributed by atoms with van der Waals surface area (Å²) in [5.74, 6) is 2.93. The number of hydrogen-bond acceptors (Lipinski definition) is 1. The summed E-state index contributed by atoms with van der Waals surface area (Å²) in [5.41, 5.74) is 0. The van der Waals surface area contributed by atoms with Gasteiger partial charge >= 0.3 is 0 Å². The molecule has 2 aromatic carbocycles. The molecular weight excluding hydrogens is 416 g/mol. The standard InChI is InChI=1S/C31H48OSi/c1-2-3-4-5-6-15-26-33(27-16-9-12-19-28-17-10-7-11-18-28)31-24-22-30(23-25-31)32-29-20-13-8-14-21-29/h8,13-14,20-25,28,33H,2-7,9-12,15-19,26-27H2,1H3. The molecule has 3 rings (SSSR count). The monoisotopic (exact) mass is 464 g/mol. The lowest BCUT2D eigenvalue weighted by molar-refractivity contribution is 0.329. The van der Waals surface area contributed by atoms with Crippen molar-refractivity contribution in [3.63, 3.8) is 0 Å². The van der Waals surface area contributed by atoms with Crippen molar-refractivity contribution in [3.05, 3.63) is 54.6 Å². The Bertz CT molecular complexity index is 720. The molecule has 1 nitrogen and oxygen atoms in total. The molecule has 0 aromatic heterocycles. The van der Waals surface area contributed by atoms with Gasteiger partial charge in [-0.25, -0.2) is 0 Å². The van der Waals surface area contributed by atoms with Gasteiger partial charge < -0.3 is 4.74 Å². The first-order valence-corrected chi connectivity index (χ1v) is 16.4. The van der Waals surface area contributed by atoms with Gasteiger partial charge in [-0.1, -0.05) is 151 Å². The van der Waals surface area contributed by atoms with E-state index in [0.29, 0.717) is 0 Å². The van der Waals surface area contributed by atoms with Crippen molar-refractivity contribution in [2.24, 2.45) is 5.92 Å². The number of ether oxygens (including phenoxy) is 1. The first kappa shape index (κ1) is 26.1. The van der Waals surface area contributed by atoms with Gasteiger partial charge in [0.15, 0.2) is 0 Å². The van der Waals surface area contributed by atoms with E-state index < -0.39 is 8.80 Å². The second kappa shape index (κ2) is 16.1. The van der Waals surface area contributed by atoms with Crippen LogP contribution in [0.5, 0.6) is 11.5 Å². The van der Waals surface area contributed by atoms with E-state index in [1.165, 1.54) is 108 Å². The van der Waals surface area contributed by atoms with Gasteiger partial charge in [0.2, 0.25) is 0 Å². The lowest BCUT2D eigenvalue weighted by atomic mass is 9.86. The maximum absolute atomic E-state index is 6.04. The number of unbranched alkanes of at least 4 members (excludes halogenated alkanes) is 7. The summed E-state index contributed by atoms with van der Waals surface area (Å²) < 4.78 is 6.04. The van der Waals surface area contributed by atoms with Crippen LogP contribution in [0, 0.1) is 5.92 Å². The molecule has 0 radical (unpaired) electrons. The summed E-state index contributed by atoms with van der Waals surface area (Å²) in [6.07, 6.45) is 21.8. The predicted molar refractivity (Wildman–Crippen MR) is 148 cm³/mol. The minimum Gasteiger partial charge on any atom is -0.457 e. The Morgan fingerprint density at radius 1 is 0.667 bits per heavy atom. The molecule has 33 heavy (non-hydrogen) atoms. The Kier molecular flexibility index (Phi) is 12.8. The van der Waals surface area contributed by atoms with Crippen LogP contribution >= 0.6 is 0 Å². The summed E-state index contributed by atoms with van der Waals surface area (Å²) in [6, 6.07) is 22.3.